The van der Waals surface area contributed by atoms with Crippen molar-refractivity contribution in [2.45, 2.75) is 52.9 Å². The van der Waals surface area contributed by atoms with Gasteiger partial charge in [-0.05, 0) is 50.5 Å². The third-order valence-electron chi connectivity index (χ3n) is 4.62. The number of Topliss-reactive ketones (excluding diaryl/α,β-unsaturated/α-hetero) is 1. The number of aromatic nitrogens is 2. The summed E-state index contributed by atoms with van der Waals surface area (Å²) in [5, 5.41) is 4.31. The molecular formula is C16H26N2O. The van der Waals surface area contributed by atoms with Crippen LogP contribution in [-0.2, 0) is 18.3 Å². The van der Waals surface area contributed by atoms with Crippen molar-refractivity contribution in [2.75, 3.05) is 0 Å². The molecule has 0 spiro atoms. The smallest absolute Gasteiger partial charge is 0.141 e. The van der Waals surface area contributed by atoms with Crippen LogP contribution in [0.15, 0.2) is 6.07 Å². The zero-order chi connectivity index (χ0) is 14.0. The lowest BCUT2D eigenvalue weighted by Crippen LogP contribution is -2.25. The van der Waals surface area contributed by atoms with Crippen LogP contribution >= 0.6 is 0 Å². The molecule has 3 nitrogen and oxygen atoms in total. The molecule has 19 heavy (non-hydrogen) atoms. The second-order valence-corrected chi connectivity index (χ2v) is 6.40. The molecule has 0 atom stereocenters. The van der Waals surface area contributed by atoms with Gasteiger partial charge in [-0.25, -0.2) is 0 Å². The van der Waals surface area contributed by atoms with Crippen LogP contribution in [0.1, 0.15) is 50.9 Å². The first-order chi connectivity index (χ1) is 8.97. The Balaban J connectivity index is 1.90. The Morgan fingerprint density at radius 2 is 2.00 bits per heavy atom. The van der Waals surface area contributed by atoms with Crippen molar-refractivity contribution in [3.63, 3.8) is 0 Å². The van der Waals surface area contributed by atoms with Crippen LogP contribution in [0, 0.1) is 24.7 Å². The van der Waals surface area contributed by atoms with E-state index in [0.717, 1.165) is 36.1 Å². The summed E-state index contributed by atoms with van der Waals surface area (Å²) in [4.78, 5) is 12.4. The van der Waals surface area contributed by atoms with Gasteiger partial charge in [-0.15, -0.1) is 0 Å². The molecule has 0 amide bonds. The van der Waals surface area contributed by atoms with Crippen LogP contribution in [0.4, 0.5) is 0 Å². The fourth-order valence-electron chi connectivity index (χ4n) is 3.26. The number of aryl methyl sites for hydroxylation is 2. The lowest BCUT2D eigenvalue weighted by Gasteiger charge is -2.30. The normalized spacial score (nSPS) is 23.8. The number of rotatable bonds is 4. The zero-order valence-electron chi connectivity index (χ0n) is 12.6. The second-order valence-electron chi connectivity index (χ2n) is 6.40. The summed E-state index contributed by atoms with van der Waals surface area (Å²) in [7, 11) is 1.92. The molecule has 0 N–H and O–H groups in total. The molecule has 2 rings (SSSR count). The first-order valence-electron chi connectivity index (χ1n) is 7.49. The van der Waals surface area contributed by atoms with E-state index in [1.807, 2.05) is 24.7 Å². The van der Waals surface area contributed by atoms with E-state index in [4.69, 9.17) is 0 Å². The van der Waals surface area contributed by atoms with Crippen LogP contribution in [0.25, 0.3) is 0 Å². The molecule has 0 unspecified atom stereocenters. The Morgan fingerprint density at radius 3 is 2.47 bits per heavy atom. The number of ketones is 1. The van der Waals surface area contributed by atoms with E-state index in [9.17, 15) is 4.79 Å². The average molecular weight is 262 g/mol. The van der Waals surface area contributed by atoms with Crippen molar-refractivity contribution in [1.29, 1.82) is 0 Å². The topological polar surface area (TPSA) is 34.9 Å². The molecule has 1 fully saturated rings. The van der Waals surface area contributed by atoms with E-state index in [2.05, 4.69) is 18.9 Å². The predicted molar refractivity (Wildman–Crippen MR) is 76.9 cm³/mol. The highest BCUT2D eigenvalue weighted by atomic mass is 16.1. The zero-order valence-corrected chi connectivity index (χ0v) is 12.6. The monoisotopic (exact) mass is 262 g/mol. The largest absolute Gasteiger partial charge is 0.299 e. The minimum absolute atomic E-state index is 0.283. The van der Waals surface area contributed by atoms with Gasteiger partial charge in [-0.1, -0.05) is 13.8 Å². The van der Waals surface area contributed by atoms with Crippen LogP contribution in [0.3, 0.4) is 0 Å². The Kier molecular flexibility index (Phi) is 4.43. The maximum Gasteiger partial charge on any atom is 0.141 e. The molecule has 3 heteroatoms. The highest BCUT2D eigenvalue weighted by molar-refractivity contribution is 5.83. The van der Waals surface area contributed by atoms with E-state index in [0.29, 0.717) is 12.2 Å². The Hall–Kier alpha value is -1.12. The van der Waals surface area contributed by atoms with E-state index in [1.54, 1.807) is 0 Å². The van der Waals surface area contributed by atoms with Gasteiger partial charge < -0.3 is 0 Å². The summed E-state index contributed by atoms with van der Waals surface area (Å²) in [6.07, 6.45) is 5.16. The Labute approximate surface area is 116 Å². The van der Waals surface area contributed by atoms with Gasteiger partial charge in [0.05, 0.1) is 5.69 Å². The van der Waals surface area contributed by atoms with Crippen LogP contribution in [0.5, 0.6) is 0 Å². The summed E-state index contributed by atoms with van der Waals surface area (Å²) in [6, 6.07) is 2.03. The van der Waals surface area contributed by atoms with E-state index in [-0.39, 0.29) is 5.92 Å². The fourth-order valence-corrected chi connectivity index (χ4v) is 3.26. The molecule has 0 aromatic carbocycles. The summed E-state index contributed by atoms with van der Waals surface area (Å²) in [6.45, 7) is 6.57. The summed E-state index contributed by atoms with van der Waals surface area (Å²) in [5.41, 5.74) is 2.04. The Morgan fingerprint density at radius 1 is 1.37 bits per heavy atom. The second kappa shape index (κ2) is 5.89. The van der Waals surface area contributed by atoms with Gasteiger partial charge in [0, 0.05) is 25.1 Å². The van der Waals surface area contributed by atoms with Crippen LogP contribution < -0.4 is 0 Å². The van der Waals surface area contributed by atoms with Gasteiger partial charge >= 0.3 is 0 Å². The highest BCUT2D eigenvalue weighted by Gasteiger charge is 2.27. The molecule has 1 aliphatic rings. The molecule has 1 saturated carbocycles. The number of nitrogens with zero attached hydrogens (tertiary/aromatic N) is 2. The molecule has 0 saturated heterocycles. The van der Waals surface area contributed by atoms with Crippen molar-refractivity contribution in [2.24, 2.45) is 24.8 Å². The van der Waals surface area contributed by atoms with Gasteiger partial charge in [-0.2, -0.15) is 5.10 Å². The minimum Gasteiger partial charge on any atom is -0.299 e. The number of hydrogen-bond acceptors (Lipinski definition) is 2. The van der Waals surface area contributed by atoms with Crippen molar-refractivity contribution >= 4 is 5.78 Å². The highest BCUT2D eigenvalue weighted by Crippen LogP contribution is 2.34. The molecule has 1 heterocycles. The predicted octanol–water partition coefficient (Wildman–Crippen LogP) is 3.30. The van der Waals surface area contributed by atoms with E-state index in [1.165, 1.54) is 12.8 Å². The number of hydrogen-bond donors (Lipinski definition) is 0. The third-order valence-corrected chi connectivity index (χ3v) is 4.62. The SMILES string of the molecule is Cc1cc(CC(=O)C2CCC(C(C)C)CC2)n(C)n1. The fraction of sp³-hybridized carbons (Fsp3) is 0.750. The van der Waals surface area contributed by atoms with Crippen molar-refractivity contribution in [3.05, 3.63) is 17.5 Å². The standard InChI is InChI=1S/C16H26N2O/c1-11(2)13-5-7-14(8-6-13)16(19)10-15-9-12(3)17-18(15)4/h9,11,13-14H,5-8,10H2,1-4H3. The maximum atomic E-state index is 12.4. The van der Waals surface area contributed by atoms with Gasteiger partial charge in [0.1, 0.15) is 5.78 Å². The molecule has 106 valence electrons. The molecular weight excluding hydrogens is 236 g/mol. The Bertz CT molecular complexity index is 440. The lowest BCUT2D eigenvalue weighted by atomic mass is 9.75. The number of carbonyl (C=O) groups excluding carboxylic acids is 1. The van der Waals surface area contributed by atoms with Crippen molar-refractivity contribution < 1.29 is 4.79 Å². The van der Waals surface area contributed by atoms with E-state index >= 15 is 0 Å². The maximum absolute atomic E-state index is 12.4. The summed E-state index contributed by atoms with van der Waals surface area (Å²) < 4.78 is 1.84. The minimum atomic E-state index is 0.283. The first kappa shape index (κ1) is 14.3. The summed E-state index contributed by atoms with van der Waals surface area (Å²) in [5.74, 6) is 2.27. The molecule has 0 bridgehead atoms. The van der Waals surface area contributed by atoms with Crippen LogP contribution in [-0.4, -0.2) is 15.6 Å². The molecule has 1 aromatic rings. The van der Waals surface area contributed by atoms with Gasteiger partial charge in [0.25, 0.3) is 0 Å². The van der Waals surface area contributed by atoms with Crippen LogP contribution in [0.2, 0.25) is 0 Å². The van der Waals surface area contributed by atoms with E-state index < -0.39 is 0 Å². The van der Waals surface area contributed by atoms with Crippen molar-refractivity contribution in [1.82, 2.24) is 9.78 Å². The van der Waals surface area contributed by atoms with Gasteiger partial charge in [-0.3, -0.25) is 9.48 Å². The molecule has 0 aliphatic heterocycles. The lowest BCUT2D eigenvalue weighted by molar-refractivity contribution is -0.123. The van der Waals surface area contributed by atoms with Gasteiger partial charge in [0.15, 0.2) is 0 Å². The summed E-state index contributed by atoms with van der Waals surface area (Å²) >= 11 is 0. The molecule has 0 radical (unpaired) electrons. The first-order valence-corrected chi connectivity index (χ1v) is 7.49. The molecule has 1 aromatic heterocycles. The van der Waals surface area contributed by atoms with Crippen molar-refractivity contribution in [3.8, 4) is 0 Å². The average Bonchev–Trinajstić information content (AvgIpc) is 2.68. The third kappa shape index (κ3) is 3.46. The number of carbonyl (C=O) groups is 1. The quantitative estimate of drug-likeness (QED) is 0.834. The molecule has 1 aliphatic carbocycles. The van der Waals surface area contributed by atoms with Gasteiger partial charge in [0.2, 0.25) is 0 Å².